The monoisotopic (exact) mass is 260 g/mol. The Balaban J connectivity index is 1.92. The van der Waals surface area contributed by atoms with Crippen molar-refractivity contribution in [1.82, 2.24) is 4.90 Å². The van der Waals surface area contributed by atoms with E-state index in [1.165, 1.54) is 5.56 Å². The molecule has 1 atom stereocenters. The molecule has 0 bridgehead atoms. The Kier molecular flexibility index (Phi) is 4.32. The zero-order valence-electron chi connectivity index (χ0n) is 11.3. The van der Waals surface area contributed by atoms with E-state index in [0.717, 1.165) is 24.9 Å². The lowest BCUT2D eigenvalue weighted by Crippen LogP contribution is -2.31. The molecule has 102 valence electrons. The smallest absolute Gasteiger partial charge is 0.221 e. The van der Waals surface area contributed by atoms with E-state index >= 15 is 0 Å². The van der Waals surface area contributed by atoms with Crippen LogP contribution in [0.15, 0.2) is 24.3 Å². The van der Waals surface area contributed by atoms with E-state index in [2.05, 4.69) is 6.92 Å². The van der Waals surface area contributed by atoms with Gasteiger partial charge >= 0.3 is 0 Å². The number of amides is 1. The minimum atomic E-state index is -0.262. The summed E-state index contributed by atoms with van der Waals surface area (Å²) in [6.45, 7) is 3.83. The minimum Gasteiger partial charge on any atom is -0.369 e. The van der Waals surface area contributed by atoms with Crippen LogP contribution in [0.3, 0.4) is 0 Å². The minimum absolute atomic E-state index is 0.102. The van der Waals surface area contributed by atoms with E-state index in [4.69, 9.17) is 5.73 Å². The lowest BCUT2D eigenvalue weighted by molar-refractivity contribution is -0.121. The summed E-state index contributed by atoms with van der Waals surface area (Å²) in [6.07, 6.45) is 1.73. The predicted octanol–water partition coefficient (Wildman–Crippen LogP) is 1.24. The topological polar surface area (TPSA) is 63.4 Å². The van der Waals surface area contributed by atoms with Crippen LogP contribution in [0.25, 0.3) is 0 Å². The second-order valence-electron chi connectivity index (χ2n) is 5.10. The largest absolute Gasteiger partial charge is 0.369 e. The highest BCUT2D eigenvalue weighted by Crippen LogP contribution is 2.16. The molecule has 19 heavy (non-hydrogen) atoms. The molecule has 1 aliphatic rings. The van der Waals surface area contributed by atoms with Crippen molar-refractivity contribution in [2.24, 2.45) is 11.7 Å². The summed E-state index contributed by atoms with van der Waals surface area (Å²) in [4.78, 5) is 25.2. The van der Waals surface area contributed by atoms with Gasteiger partial charge in [-0.2, -0.15) is 0 Å². The Hall–Kier alpha value is -1.68. The Morgan fingerprint density at radius 1 is 1.32 bits per heavy atom. The van der Waals surface area contributed by atoms with Crippen LogP contribution < -0.4 is 5.73 Å². The van der Waals surface area contributed by atoms with Gasteiger partial charge in [-0.05, 0) is 24.9 Å². The molecule has 1 saturated heterocycles. The SMILES string of the molecule is CCc1ccc(C(=O)CN2CCC(C(N)=O)C2)cc1. The number of carbonyl (C=O) groups excluding carboxylic acids is 2. The maximum atomic E-state index is 12.1. The summed E-state index contributed by atoms with van der Waals surface area (Å²) in [5, 5.41) is 0. The number of Topliss-reactive ketones (excluding diaryl/α,β-unsaturated/α-hetero) is 1. The maximum Gasteiger partial charge on any atom is 0.221 e. The van der Waals surface area contributed by atoms with Gasteiger partial charge in [0.25, 0.3) is 0 Å². The van der Waals surface area contributed by atoms with Crippen molar-refractivity contribution in [3.05, 3.63) is 35.4 Å². The molecule has 0 saturated carbocycles. The molecule has 2 N–H and O–H groups in total. The van der Waals surface area contributed by atoms with Gasteiger partial charge in [0.05, 0.1) is 12.5 Å². The molecule has 2 rings (SSSR count). The zero-order valence-corrected chi connectivity index (χ0v) is 11.3. The Morgan fingerprint density at radius 3 is 2.53 bits per heavy atom. The van der Waals surface area contributed by atoms with Crippen molar-refractivity contribution in [2.75, 3.05) is 19.6 Å². The highest BCUT2D eigenvalue weighted by Gasteiger charge is 2.27. The quantitative estimate of drug-likeness (QED) is 0.810. The summed E-state index contributed by atoms with van der Waals surface area (Å²) >= 11 is 0. The fourth-order valence-corrected chi connectivity index (χ4v) is 2.43. The number of benzene rings is 1. The van der Waals surface area contributed by atoms with E-state index in [1.807, 2.05) is 29.2 Å². The molecule has 1 aromatic rings. The molecule has 1 heterocycles. The Morgan fingerprint density at radius 2 is 2.00 bits per heavy atom. The molecule has 1 aromatic carbocycles. The number of ketones is 1. The molecule has 1 aliphatic heterocycles. The number of aryl methyl sites for hydroxylation is 1. The van der Waals surface area contributed by atoms with Gasteiger partial charge in [-0.15, -0.1) is 0 Å². The Labute approximate surface area is 113 Å². The molecule has 1 amide bonds. The second-order valence-corrected chi connectivity index (χ2v) is 5.10. The summed E-state index contributed by atoms with van der Waals surface area (Å²) in [5.74, 6) is -0.259. The van der Waals surface area contributed by atoms with Crippen LogP contribution in [0.5, 0.6) is 0 Å². The molecule has 4 heteroatoms. The molecular weight excluding hydrogens is 240 g/mol. The van der Waals surface area contributed by atoms with Gasteiger partial charge in [-0.25, -0.2) is 0 Å². The molecule has 0 spiro atoms. The first-order valence-corrected chi connectivity index (χ1v) is 6.74. The van der Waals surface area contributed by atoms with Crippen LogP contribution in [0.2, 0.25) is 0 Å². The highest BCUT2D eigenvalue weighted by molar-refractivity contribution is 5.97. The maximum absolute atomic E-state index is 12.1. The van der Waals surface area contributed by atoms with Crippen LogP contribution in [-0.2, 0) is 11.2 Å². The molecule has 1 fully saturated rings. The average Bonchev–Trinajstić information content (AvgIpc) is 2.87. The number of nitrogens with two attached hydrogens (primary N) is 1. The van der Waals surface area contributed by atoms with E-state index in [9.17, 15) is 9.59 Å². The highest BCUT2D eigenvalue weighted by atomic mass is 16.1. The fraction of sp³-hybridized carbons (Fsp3) is 0.467. The first kappa shape index (κ1) is 13.7. The third kappa shape index (κ3) is 3.41. The predicted molar refractivity (Wildman–Crippen MR) is 73.9 cm³/mol. The van der Waals surface area contributed by atoms with Gasteiger partial charge in [0, 0.05) is 12.1 Å². The lowest BCUT2D eigenvalue weighted by atomic mass is 10.1. The number of rotatable bonds is 5. The van der Waals surface area contributed by atoms with Crippen molar-refractivity contribution in [1.29, 1.82) is 0 Å². The molecule has 0 aliphatic carbocycles. The third-order valence-corrected chi connectivity index (χ3v) is 3.73. The van der Waals surface area contributed by atoms with E-state index < -0.39 is 0 Å². The number of hydrogen-bond acceptors (Lipinski definition) is 3. The molecule has 0 radical (unpaired) electrons. The fourth-order valence-electron chi connectivity index (χ4n) is 2.43. The van der Waals surface area contributed by atoms with Crippen molar-refractivity contribution in [3.63, 3.8) is 0 Å². The normalized spacial score (nSPS) is 19.5. The first-order chi connectivity index (χ1) is 9.10. The van der Waals surface area contributed by atoms with Crippen LogP contribution >= 0.6 is 0 Å². The third-order valence-electron chi connectivity index (χ3n) is 3.73. The zero-order chi connectivity index (χ0) is 13.8. The van der Waals surface area contributed by atoms with Crippen LogP contribution in [0.1, 0.15) is 29.3 Å². The van der Waals surface area contributed by atoms with E-state index in [1.54, 1.807) is 0 Å². The number of hydrogen-bond donors (Lipinski definition) is 1. The van der Waals surface area contributed by atoms with Crippen LogP contribution in [0.4, 0.5) is 0 Å². The van der Waals surface area contributed by atoms with E-state index in [0.29, 0.717) is 13.1 Å². The van der Waals surface area contributed by atoms with Crippen LogP contribution in [-0.4, -0.2) is 36.2 Å². The van der Waals surface area contributed by atoms with Gasteiger partial charge in [0.1, 0.15) is 0 Å². The molecule has 0 aromatic heterocycles. The standard InChI is InChI=1S/C15H20N2O2/c1-2-11-3-5-12(6-4-11)14(18)10-17-8-7-13(9-17)15(16)19/h3-6,13H,2,7-10H2,1H3,(H2,16,19). The van der Waals surface area contributed by atoms with Gasteiger partial charge < -0.3 is 5.73 Å². The van der Waals surface area contributed by atoms with Crippen molar-refractivity contribution in [2.45, 2.75) is 19.8 Å². The number of likely N-dealkylation sites (tertiary alicyclic amines) is 1. The molecule has 4 nitrogen and oxygen atoms in total. The number of primary amides is 1. The average molecular weight is 260 g/mol. The summed E-state index contributed by atoms with van der Waals surface area (Å²) in [5.41, 5.74) is 7.25. The van der Waals surface area contributed by atoms with Crippen molar-refractivity contribution >= 4 is 11.7 Å². The van der Waals surface area contributed by atoms with E-state index in [-0.39, 0.29) is 17.6 Å². The summed E-state index contributed by atoms with van der Waals surface area (Å²) in [6, 6.07) is 7.73. The van der Waals surface area contributed by atoms with Gasteiger partial charge in [0.15, 0.2) is 5.78 Å². The number of carbonyl (C=O) groups is 2. The van der Waals surface area contributed by atoms with Gasteiger partial charge in [0.2, 0.25) is 5.91 Å². The van der Waals surface area contributed by atoms with Gasteiger partial charge in [-0.3, -0.25) is 14.5 Å². The second kappa shape index (κ2) is 5.97. The summed E-state index contributed by atoms with van der Waals surface area (Å²) < 4.78 is 0. The van der Waals surface area contributed by atoms with Gasteiger partial charge in [-0.1, -0.05) is 31.2 Å². The van der Waals surface area contributed by atoms with Crippen molar-refractivity contribution < 1.29 is 9.59 Å². The van der Waals surface area contributed by atoms with Crippen molar-refractivity contribution in [3.8, 4) is 0 Å². The molecular formula is C15H20N2O2. The van der Waals surface area contributed by atoms with Crippen LogP contribution in [0, 0.1) is 5.92 Å². The molecule has 1 unspecified atom stereocenters. The first-order valence-electron chi connectivity index (χ1n) is 6.74. The number of nitrogens with zero attached hydrogens (tertiary/aromatic N) is 1. The lowest BCUT2D eigenvalue weighted by Gasteiger charge is -2.14. The summed E-state index contributed by atoms with van der Waals surface area (Å²) in [7, 11) is 0. The Bertz CT molecular complexity index is 468.